The highest BCUT2D eigenvalue weighted by Crippen LogP contribution is 2.17. The minimum Gasteiger partial charge on any atom is -0.377 e. The molecule has 1 amide bonds. The van der Waals surface area contributed by atoms with Gasteiger partial charge in [0, 0.05) is 13.2 Å². The molecule has 1 saturated heterocycles. The second kappa shape index (κ2) is 9.45. The topological polar surface area (TPSA) is 81.1 Å². The Hall–Kier alpha value is -2.25. The van der Waals surface area contributed by atoms with Crippen LogP contribution in [0.4, 0.5) is 0 Å². The van der Waals surface area contributed by atoms with Crippen LogP contribution in [-0.2, 0) is 17.9 Å². The van der Waals surface area contributed by atoms with Crippen molar-refractivity contribution in [3.63, 3.8) is 0 Å². The predicted octanol–water partition coefficient (Wildman–Crippen LogP) is 2.06. The summed E-state index contributed by atoms with van der Waals surface area (Å²) in [4.78, 5) is 12.4. The fourth-order valence-electron chi connectivity index (χ4n) is 3.09. The van der Waals surface area contributed by atoms with Crippen molar-refractivity contribution < 1.29 is 9.53 Å². The first-order valence-electron chi connectivity index (χ1n) is 9.33. The Bertz CT molecular complexity index is 709. The lowest BCUT2D eigenvalue weighted by atomic mass is 10.1. The standard InChI is InChI=1S/C19H27N5O2/c1-2-11-26-14-16-6-4-3-5-15(16)12-21-19(25)18-13-24(23-22-18)17-7-9-20-10-8-17/h3-6,13,17,20H,2,7-12,14H2,1H3,(H,21,25). The number of carbonyl (C=O) groups is 1. The third kappa shape index (κ3) is 4.89. The first-order valence-corrected chi connectivity index (χ1v) is 9.33. The van der Waals surface area contributed by atoms with Crippen LogP contribution in [0.3, 0.4) is 0 Å². The van der Waals surface area contributed by atoms with Crippen molar-refractivity contribution in [1.29, 1.82) is 0 Å². The van der Waals surface area contributed by atoms with Crippen molar-refractivity contribution in [3.8, 4) is 0 Å². The van der Waals surface area contributed by atoms with Crippen molar-refractivity contribution in [2.75, 3.05) is 19.7 Å². The molecule has 7 heteroatoms. The van der Waals surface area contributed by atoms with E-state index in [4.69, 9.17) is 4.74 Å². The number of ether oxygens (including phenoxy) is 1. The molecule has 3 rings (SSSR count). The summed E-state index contributed by atoms with van der Waals surface area (Å²) < 4.78 is 7.45. The lowest BCUT2D eigenvalue weighted by molar-refractivity contribution is 0.0944. The number of nitrogens with one attached hydrogen (secondary N) is 2. The minimum atomic E-state index is -0.200. The normalized spacial score (nSPS) is 15.1. The number of benzene rings is 1. The molecule has 26 heavy (non-hydrogen) atoms. The average molecular weight is 357 g/mol. The Labute approximate surface area is 154 Å². The van der Waals surface area contributed by atoms with E-state index in [0.717, 1.165) is 50.1 Å². The van der Waals surface area contributed by atoms with Gasteiger partial charge in [-0.3, -0.25) is 4.79 Å². The molecule has 0 radical (unpaired) electrons. The van der Waals surface area contributed by atoms with Crippen molar-refractivity contribution >= 4 is 5.91 Å². The van der Waals surface area contributed by atoms with Crippen LogP contribution in [0.15, 0.2) is 30.5 Å². The number of rotatable bonds is 8. The summed E-state index contributed by atoms with van der Waals surface area (Å²) in [6, 6.07) is 8.32. The second-order valence-corrected chi connectivity index (χ2v) is 6.57. The average Bonchev–Trinajstić information content (AvgIpc) is 3.18. The number of piperidine rings is 1. The van der Waals surface area contributed by atoms with Gasteiger partial charge in [-0.05, 0) is 43.5 Å². The van der Waals surface area contributed by atoms with Crippen molar-refractivity contribution in [2.45, 2.75) is 45.4 Å². The summed E-state index contributed by atoms with van der Waals surface area (Å²) in [5.41, 5.74) is 2.52. The van der Waals surface area contributed by atoms with E-state index in [1.54, 1.807) is 6.20 Å². The maximum atomic E-state index is 12.4. The SMILES string of the molecule is CCCOCc1ccccc1CNC(=O)c1cn(C2CCNCC2)nn1. The van der Waals surface area contributed by atoms with Gasteiger partial charge in [-0.1, -0.05) is 36.4 Å². The predicted molar refractivity (Wildman–Crippen MR) is 98.7 cm³/mol. The van der Waals surface area contributed by atoms with E-state index in [1.807, 2.05) is 28.9 Å². The molecule has 0 atom stereocenters. The van der Waals surface area contributed by atoms with Crippen LogP contribution in [0.5, 0.6) is 0 Å². The molecule has 0 unspecified atom stereocenters. The summed E-state index contributed by atoms with van der Waals surface area (Å²) in [5.74, 6) is -0.200. The van der Waals surface area contributed by atoms with Gasteiger partial charge in [0.05, 0.1) is 18.8 Å². The Morgan fingerprint density at radius 1 is 1.31 bits per heavy atom. The molecular weight excluding hydrogens is 330 g/mol. The van der Waals surface area contributed by atoms with Crippen LogP contribution in [-0.4, -0.2) is 40.6 Å². The van der Waals surface area contributed by atoms with Crippen LogP contribution in [0.25, 0.3) is 0 Å². The maximum Gasteiger partial charge on any atom is 0.273 e. The van der Waals surface area contributed by atoms with Gasteiger partial charge in [0.15, 0.2) is 5.69 Å². The highest BCUT2D eigenvalue weighted by atomic mass is 16.5. The molecule has 140 valence electrons. The first-order chi connectivity index (χ1) is 12.8. The summed E-state index contributed by atoms with van der Waals surface area (Å²) in [5, 5.41) is 14.4. The van der Waals surface area contributed by atoms with E-state index in [1.165, 1.54) is 0 Å². The molecule has 1 aromatic carbocycles. The zero-order chi connectivity index (χ0) is 18.2. The van der Waals surface area contributed by atoms with Gasteiger partial charge in [0.25, 0.3) is 5.91 Å². The third-order valence-electron chi connectivity index (χ3n) is 4.59. The quantitative estimate of drug-likeness (QED) is 0.707. The van der Waals surface area contributed by atoms with Crippen LogP contribution >= 0.6 is 0 Å². The van der Waals surface area contributed by atoms with Gasteiger partial charge in [0.2, 0.25) is 0 Å². The smallest absolute Gasteiger partial charge is 0.273 e. The van der Waals surface area contributed by atoms with Crippen molar-refractivity contribution in [3.05, 3.63) is 47.3 Å². The molecule has 1 aliphatic heterocycles. The molecule has 1 fully saturated rings. The summed E-state index contributed by atoms with van der Waals surface area (Å²) in [6.45, 7) is 5.78. The Morgan fingerprint density at radius 3 is 2.85 bits per heavy atom. The molecule has 1 aliphatic rings. The lowest BCUT2D eigenvalue weighted by Gasteiger charge is -2.22. The first kappa shape index (κ1) is 18.5. The number of hydrogen-bond donors (Lipinski definition) is 2. The molecule has 0 bridgehead atoms. The van der Waals surface area contributed by atoms with E-state index in [9.17, 15) is 4.79 Å². The molecule has 7 nitrogen and oxygen atoms in total. The largest absolute Gasteiger partial charge is 0.377 e. The second-order valence-electron chi connectivity index (χ2n) is 6.57. The zero-order valence-electron chi connectivity index (χ0n) is 15.3. The highest BCUT2D eigenvalue weighted by Gasteiger charge is 2.18. The van der Waals surface area contributed by atoms with Crippen molar-refractivity contribution in [2.24, 2.45) is 0 Å². The Balaban J connectivity index is 1.56. The fraction of sp³-hybridized carbons (Fsp3) is 0.526. The third-order valence-corrected chi connectivity index (χ3v) is 4.59. The van der Waals surface area contributed by atoms with E-state index in [2.05, 4.69) is 27.9 Å². The monoisotopic (exact) mass is 357 g/mol. The van der Waals surface area contributed by atoms with Crippen LogP contribution < -0.4 is 10.6 Å². The lowest BCUT2D eigenvalue weighted by Crippen LogP contribution is -2.29. The molecule has 2 N–H and O–H groups in total. The van der Waals surface area contributed by atoms with E-state index in [-0.39, 0.29) is 5.91 Å². The Morgan fingerprint density at radius 2 is 2.08 bits per heavy atom. The molecular formula is C19H27N5O2. The zero-order valence-corrected chi connectivity index (χ0v) is 15.3. The molecule has 1 aromatic heterocycles. The number of aromatic nitrogens is 3. The minimum absolute atomic E-state index is 0.200. The van der Waals surface area contributed by atoms with Gasteiger partial charge < -0.3 is 15.4 Å². The highest BCUT2D eigenvalue weighted by molar-refractivity contribution is 5.91. The van der Waals surface area contributed by atoms with Crippen LogP contribution in [0, 0.1) is 0 Å². The van der Waals surface area contributed by atoms with Gasteiger partial charge in [-0.25, -0.2) is 4.68 Å². The Kier molecular flexibility index (Phi) is 6.74. The van der Waals surface area contributed by atoms with Gasteiger partial charge in [-0.2, -0.15) is 0 Å². The van der Waals surface area contributed by atoms with Crippen molar-refractivity contribution in [1.82, 2.24) is 25.6 Å². The van der Waals surface area contributed by atoms with E-state index >= 15 is 0 Å². The molecule has 0 saturated carbocycles. The van der Waals surface area contributed by atoms with E-state index in [0.29, 0.717) is 24.9 Å². The van der Waals surface area contributed by atoms with Crippen LogP contribution in [0.1, 0.15) is 53.8 Å². The number of hydrogen-bond acceptors (Lipinski definition) is 5. The molecule has 0 spiro atoms. The number of carbonyl (C=O) groups excluding carboxylic acids is 1. The van der Waals surface area contributed by atoms with Gasteiger partial charge >= 0.3 is 0 Å². The summed E-state index contributed by atoms with van der Waals surface area (Å²) >= 11 is 0. The summed E-state index contributed by atoms with van der Waals surface area (Å²) in [6.07, 6.45) is 4.76. The van der Waals surface area contributed by atoms with Gasteiger partial charge in [0.1, 0.15) is 0 Å². The number of nitrogens with zero attached hydrogens (tertiary/aromatic N) is 3. The molecule has 0 aliphatic carbocycles. The molecule has 2 aromatic rings. The molecule has 2 heterocycles. The maximum absolute atomic E-state index is 12.4. The fourth-order valence-corrected chi connectivity index (χ4v) is 3.09. The van der Waals surface area contributed by atoms with Crippen LogP contribution in [0.2, 0.25) is 0 Å². The van der Waals surface area contributed by atoms with Gasteiger partial charge in [-0.15, -0.1) is 5.10 Å². The number of amides is 1. The summed E-state index contributed by atoms with van der Waals surface area (Å²) in [7, 11) is 0. The van der Waals surface area contributed by atoms with E-state index < -0.39 is 0 Å².